The number of nitrogens with one attached hydrogen (secondary N) is 1. The molecule has 1 aromatic heterocycles. The molecule has 18 heavy (non-hydrogen) atoms. The van der Waals surface area contributed by atoms with Crippen LogP contribution < -0.4 is 5.32 Å². The van der Waals surface area contributed by atoms with E-state index in [0.717, 1.165) is 0 Å². The molecule has 6 heteroatoms. The molecule has 0 spiro atoms. The van der Waals surface area contributed by atoms with Crippen LogP contribution >= 0.6 is 15.9 Å². The van der Waals surface area contributed by atoms with Crippen molar-refractivity contribution < 1.29 is 9.59 Å². The summed E-state index contributed by atoms with van der Waals surface area (Å²) in [5.74, 6) is -0.542. The van der Waals surface area contributed by atoms with E-state index in [1.807, 2.05) is 0 Å². The zero-order chi connectivity index (χ0) is 13.7. The van der Waals surface area contributed by atoms with E-state index in [1.165, 1.54) is 4.90 Å². The number of nitrogens with zero attached hydrogens (tertiary/aromatic N) is 2. The second kappa shape index (κ2) is 6.49. The Morgan fingerprint density at radius 2 is 2.17 bits per heavy atom. The van der Waals surface area contributed by atoms with Gasteiger partial charge >= 0.3 is 0 Å². The summed E-state index contributed by atoms with van der Waals surface area (Å²) in [5, 5.41) is 2.56. The Morgan fingerprint density at radius 3 is 2.72 bits per heavy atom. The number of rotatable bonds is 4. The summed E-state index contributed by atoms with van der Waals surface area (Å²) in [5.41, 5.74) is 0.357. The Morgan fingerprint density at radius 1 is 1.50 bits per heavy atom. The van der Waals surface area contributed by atoms with Crippen molar-refractivity contribution in [2.45, 2.75) is 6.92 Å². The van der Waals surface area contributed by atoms with Crippen molar-refractivity contribution in [3.05, 3.63) is 28.5 Å². The topological polar surface area (TPSA) is 62.3 Å². The minimum atomic E-state index is -0.254. The molecule has 5 nitrogen and oxygen atoms in total. The number of aromatic nitrogens is 1. The quantitative estimate of drug-likeness (QED) is 0.852. The van der Waals surface area contributed by atoms with E-state index in [0.29, 0.717) is 16.8 Å². The van der Waals surface area contributed by atoms with Crippen LogP contribution in [0, 0.1) is 5.92 Å². The summed E-state index contributed by atoms with van der Waals surface area (Å²) in [4.78, 5) is 29.0. The van der Waals surface area contributed by atoms with E-state index in [2.05, 4.69) is 26.2 Å². The Bertz CT molecular complexity index is 451. The predicted molar refractivity (Wildman–Crippen MR) is 72.1 cm³/mol. The molecule has 1 atom stereocenters. The largest absolute Gasteiger partial charge is 0.359 e. The lowest BCUT2D eigenvalue weighted by Gasteiger charge is -2.20. The SMILES string of the molecule is CNC(=O)C(C)CN(C)C(=O)c1cccc(Br)n1. The number of carbonyl (C=O) groups is 2. The normalized spacial score (nSPS) is 11.8. The third-order valence-corrected chi connectivity index (χ3v) is 2.96. The van der Waals surface area contributed by atoms with Gasteiger partial charge < -0.3 is 10.2 Å². The van der Waals surface area contributed by atoms with Crippen LogP contribution in [0.4, 0.5) is 0 Å². The van der Waals surface area contributed by atoms with Gasteiger partial charge in [0.15, 0.2) is 0 Å². The average molecular weight is 314 g/mol. The zero-order valence-electron chi connectivity index (χ0n) is 10.6. The van der Waals surface area contributed by atoms with Gasteiger partial charge in [-0.2, -0.15) is 0 Å². The minimum Gasteiger partial charge on any atom is -0.359 e. The monoisotopic (exact) mass is 313 g/mol. The van der Waals surface area contributed by atoms with Gasteiger partial charge in [0, 0.05) is 20.6 Å². The van der Waals surface area contributed by atoms with Gasteiger partial charge in [-0.3, -0.25) is 9.59 Å². The predicted octanol–water partition coefficient (Wildman–Crippen LogP) is 1.30. The molecule has 1 unspecified atom stereocenters. The van der Waals surface area contributed by atoms with Gasteiger partial charge in [0.25, 0.3) is 5.91 Å². The summed E-state index contributed by atoms with van der Waals surface area (Å²) in [7, 11) is 3.24. The van der Waals surface area contributed by atoms with Crippen molar-refractivity contribution in [2.75, 3.05) is 20.6 Å². The van der Waals surface area contributed by atoms with Crippen LogP contribution in [0.25, 0.3) is 0 Å². The highest BCUT2D eigenvalue weighted by Crippen LogP contribution is 2.09. The fraction of sp³-hybridized carbons (Fsp3) is 0.417. The highest BCUT2D eigenvalue weighted by atomic mass is 79.9. The molecule has 0 saturated heterocycles. The summed E-state index contributed by atoms with van der Waals surface area (Å²) in [6.07, 6.45) is 0. The molecule has 1 aromatic rings. The van der Waals surface area contributed by atoms with E-state index in [4.69, 9.17) is 0 Å². The van der Waals surface area contributed by atoms with Gasteiger partial charge in [0.2, 0.25) is 5.91 Å². The lowest BCUT2D eigenvalue weighted by atomic mass is 10.1. The second-order valence-corrected chi connectivity index (χ2v) is 4.86. The molecule has 98 valence electrons. The van der Waals surface area contributed by atoms with Gasteiger partial charge in [-0.1, -0.05) is 13.0 Å². The van der Waals surface area contributed by atoms with E-state index in [1.54, 1.807) is 39.2 Å². The van der Waals surface area contributed by atoms with Crippen LogP contribution in [0.1, 0.15) is 17.4 Å². The molecule has 0 aliphatic carbocycles. The first kappa shape index (κ1) is 14.6. The van der Waals surface area contributed by atoms with Crippen molar-refractivity contribution in [1.29, 1.82) is 0 Å². The molecule has 2 amide bonds. The standard InChI is InChI=1S/C12H16BrN3O2/c1-8(11(17)14-2)7-16(3)12(18)9-5-4-6-10(13)15-9/h4-6,8H,7H2,1-3H3,(H,14,17). The van der Waals surface area contributed by atoms with E-state index in [9.17, 15) is 9.59 Å². The first-order chi connectivity index (χ1) is 8.45. The van der Waals surface area contributed by atoms with Crippen LogP contribution in [-0.2, 0) is 4.79 Å². The van der Waals surface area contributed by atoms with Crippen molar-refractivity contribution in [3.8, 4) is 0 Å². The number of pyridine rings is 1. The molecule has 1 heterocycles. The highest BCUT2D eigenvalue weighted by molar-refractivity contribution is 9.10. The lowest BCUT2D eigenvalue weighted by Crippen LogP contribution is -2.37. The third kappa shape index (κ3) is 3.80. The summed E-state index contributed by atoms with van der Waals surface area (Å²) in [6.45, 7) is 2.13. The summed E-state index contributed by atoms with van der Waals surface area (Å²) < 4.78 is 0.612. The number of hydrogen-bond donors (Lipinski definition) is 1. The van der Waals surface area contributed by atoms with Crippen molar-refractivity contribution in [2.24, 2.45) is 5.92 Å². The minimum absolute atomic E-state index is 0.0862. The van der Waals surface area contributed by atoms with Crippen molar-refractivity contribution >= 4 is 27.7 Å². The van der Waals surface area contributed by atoms with Crippen molar-refractivity contribution in [1.82, 2.24) is 15.2 Å². The molecule has 0 aromatic carbocycles. The van der Waals surface area contributed by atoms with E-state index < -0.39 is 0 Å². The van der Waals surface area contributed by atoms with Gasteiger partial charge in [-0.25, -0.2) is 4.98 Å². The highest BCUT2D eigenvalue weighted by Gasteiger charge is 2.19. The molecular weight excluding hydrogens is 298 g/mol. The fourth-order valence-electron chi connectivity index (χ4n) is 1.55. The Balaban J connectivity index is 2.70. The number of hydrogen-bond acceptors (Lipinski definition) is 3. The average Bonchev–Trinajstić information content (AvgIpc) is 2.36. The van der Waals surface area contributed by atoms with Gasteiger partial charge in [-0.05, 0) is 28.1 Å². The van der Waals surface area contributed by atoms with Crippen LogP contribution in [0.15, 0.2) is 22.8 Å². The number of carbonyl (C=O) groups excluding carboxylic acids is 2. The zero-order valence-corrected chi connectivity index (χ0v) is 12.2. The lowest BCUT2D eigenvalue weighted by molar-refractivity contribution is -0.124. The van der Waals surface area contributed by atoms with Crippen LogP contribution in [0.3, 0.4) is 0 Å². The smallest absolute Gasteiger partial charge is 0.272 e. The molecular formula is C12H16BrN3O2. The molecule has 0 bridgehead atoms. The maximum absolute atomic E-state index is 12.1. The number of amides is 2. The van der Waals surface area contributed by atoms with Crippen LogP contribution in [0.2, 0.25) is 0 Å². The fourth-order valence-corrected chi connectivity index (χ4v) is 1.89. The van der Waals surface area contributed by atoms with Crippen LogP contribution in [-0.4, -0.2) is 42.3 Å². The summed E-state index contributed by atoms with van der Waals surface area (Å²) >= 11 is 3.22. The third-order valence-electron chi connectivity index (χ3n) is 2.52. The Labute approximate surface area is 115 Å². The number of halogens is 1. The molecule has 0 fully saturated rings. The van der Waals surface area contributed by atoms with E-state index >= 15 is 0 Å². The molecule has 0 aliphatic heterocycles. The Kier molecular flexibility index (Phi) is 5.27. The first-order valence-corrected chi connectivity index (χ1v) is 6.34. The van der Waals surface area contributed by atoms with E-state index in [-0.39, 0.29) is 17.7 Å². The second-order valence-electron chi connectivity index (χ2n) is 4.05. The van der Waals surface area contributed by atoms with Crippen molar-refractivity contribution in [3.63, 3.8) is 0 Å². The molecule has 0 saturated carbocycles. The first-order valence-electron chi connectivity index (χ1n) is 5.55. The van der Waals surface area contributed by atoms with Gasteiger partial charge in [0.1, 0.15) is 10.3 Å². The molecule has 1 rings (SSSR count). The van der Waals surface area contributed by atoms with Gasteiger partial charge in [0.05, 0.1) is 5.92 Å². The maximum atomic E-state index is 12.1. The maximum Gasteiger partial charge on any atom is 0.272 e. The van der Waals surface area contributed by atoms with Crippen LogP contribution in [0.5, 0.6) is 0 Å². The summed E-state index contributed by atoms with van der Waals surface area (Å²) in [6, 6.07) is 5.15. The molecule has 0 radical (unpaired) electrons. The molecule has 1 N–H and O–H groups in total. The Hall–Kier alpha value is -1.43. The molecule has 0 aliphatic rings. The van der Waals surface area contributed by atoms with Gasteiger partial charge in [-0.15, -0.1) is 0 Å².